The maximum absolute atomic E-state index is 12.7. The van der Waals surface area contributed by atoms with Crippen molar-refractivity contribution in [2.75, 3.05) is 6.54 Å². The Morgan fingerprint density at radius 3 is 2.11 bits per heavy atom. The van der Waals surface area contributed by atoms with E-state index in [1.165, 1.54) is 0 Å². The monoisotopic (exact) mass is 547 g/mol. The van der Waals surface area contributed by atoms with Gasteiger partial charge in [0.1, 0.15) is 18.2 Å². The summed E-state index contributed by atoms with van der Waals surface area (Å²) >= 11 is 0. The van der Waals surface area contributed by atoms with Crippen molar-refractivity contribution in [1.29, 1.82) is 0 Å². The van der Waals surface area contributed by atoms with Crippen LogP contribution in [-0.2, 0) is 30.5 Å². The van der Waals surface area contributed by atoms with Crippen LogP contribution in [0.5, 0.6) is 0 Å². The molecule has 0 aliphatic rings. The summed E-state index contributed by atoms with van der Waals surface area (Å²) in [5, 5.41) is 29.1. The van der Waals surface area contributed by atoms with E-state index >= 15 is 0 Å². The standard InChI is InChI=1S/C24H35N3O9.Ca/c1-24(2,3)36-22(33)25-14-8-7-11-17(20(30)26-18(21(31)32)12-13-19(28)29)27-23(34)35-15-16-9-5-4-6-10-16;/h4-6,9-10,17-18H,7-8,11-15H2,1-3H3,(H,25,33)(H,26,30)(H,27,34)(H,28,29)(H,31,32);/q;+2/p-2/t17-,18-;/m0./s1. The molecule has 0 bridgehead atoms. The summed E-state index contributed by atoms with van der Waals surface area (Å²) < 4.78 is 10.3. The first kappa shape index (κ1) is 34.4. The van der Waals surface area contributed by atoms with Crippen LogP contribution < -0.4 is 26.2 Å². The number of benzene rings is 1. The summed E-state index contributed by atoms with van der Waals surface area (Å²) in [5.74, 6) is -4.00. The van der Waals surface area contributed by atoms with Crippen LogP contribution in [0, 0.1) is 0 Å². The second kappa shape index (κ2) is 17.8. The summed E-state index contributed by atoms with van der Waals surface area (Å²) in [6, 6.07) is 6.06. The third-order valence-electron chi connectivity index (χ3n) is 4.65. The Kier molecular flexibility index (Phi) is 16.6. The van der Waals surface area contributed by atoms with E-state index in [4.69, 9.17) is 9.47 Å². The van der Waals surface area contributed by atoms with Gasteiger partial charge in [-0.3, -0.25) is 4.79 Å². The molecule has 0 heterocycles. The molecule has 37 heavy (non-hydrogen) atoms. The van der Waals surface area contributed by atoms with E-state index in [9.17, 15) is 34.2 Å². The fraction of sp³-hybridized carbons (Fsp3) is 0.542. The fourth-order valence-corrected chi connectivity index (χ4v) is 2.94. The molecule has 2 atom stereocenters. The Morgan fingerprint density at radius 2 is 1.54 bits per heavy atom. The molecule has 0 radical (unpaired) electrons. The number of aliphatic carboxylic acids is 2. The van der Waals surface area contributed by atoms with E-state index in [2.05, 4.69) is 16.0 Å². The average molecular weight is 548 g/mol. The number of ether oxygens (including phenoxy) is 2. The number of amides is 3. The molecule has 0 saturated heterocycles. The maximum atomic E-state index is 12.7. The van der Waals surface area contributed by atoms with Crippen LogP contribution in [0.1, 0.15) is 58.4 Å². The van der Waals surface area contributed by atoms with Gasteiger partial charge in [-0.1, -0.05) is 30.3 Å². The normalized spacial score (nSPS) is 12.2. The van der Waals surface area contributed by atoms with Crippen molar-refractivity contribution in [1.82, 2.24) is 16.0 Å². The van der Waals surface area contributed by atoms with Gasteiger partial charge in [-0.2, -0.15) is 0 Å². The number of carboxylic acids is 2. The number of alkyl carbamates (subject to hydrolysis) is 2. The largest absolute Gasteiger partial charge is 2.00 e. The Bertz CT molecular complexity index is 891. The fourth-order valence-electron chi connectivity index (χ4n) is 2.94. The number of carboxylic acid groups (broad SMARTS) is 2. The zero-order chi connectivity index (χ0) is 27.1. The number of carbonyl (C=O) groups is 5. The van der Waals surface area contributed by atoms with Crippen LogP contribution in [0.15, 0.2) is 30.3 Å². The smallest absolute Gasteiger partial charge is 0.550 e. The van der Waals surface area contributed by atoms with Crippen LogP contribution >= 0.6 is 0 Å². The van der Waals surface area contributed by atoms with Crippen molar-refractivity contribution >= 4 is 67.8 Å². The van der Waals surface area contributed by atoms with E-state index in [1.54, 1.807) is 51.1 Å². The number of hydrogen-bond acceptors (Lipinski definition) is 9. The summed E-state index contributed by atoms with van der Waals surface area (Å²) in [6.45, 7) is 5.38. The van der Waals surface area contributed by atoms with Gasteiger partial charge in [-0.15, -0.1) is 0 Å². The number of hydrogen-bond donors (Lipinski definition) is 3. The summed E-state index contributed by atoms with van der Waals surface area (Å²) in [5.41, 5.74) is 0.0740. The summed E-state index contributed by atoms with van der Waals surface area (Å²) in [4.78, 5) is 58.7. The molecule has 0 aromatic heterocycles. The van der Waals surface area contributed by atoms with Crippen molar-refractivity contribution in [3.8, 4) is 0 Å². The minimum Gasteiger partial charge on any atom is -0.550 e. The zero-order valence-electron chi connectivity index (χ0n) is 21.4. The molecule has 3 amide bonds. The molecule has 200 valence electrons. The van der Waals surface area contributed by atoms with Crippen LogP contribution in [-0.4, -0.2) is 92.0 Å². The quantitative estimate of drug-likeness (QED) is 0.201. The molecule has 0 aliphatic heterocycles. The minimum absolute atomic E-state index is 0. The predicted octanol–water partition coefficient (Wildman–Crippen LogP) is -0.640. The van der Waals surface area contributed by atoms with Crippen molar-refractivity contribution in [3.05, 3.63) is 35.9 Å². The summed E-state index contributed by atoms with van der Waals surface area (Å²) in [6.07, 6.45) is -1.66. The molecule has 1 aromatic rings. The molecule has 0 saturated carbocycles. The first-order valence-electron chi connectivity index (χ1n) is 11.5. The SMILES string of the molecule is CC(C)(C)OC(=O)NCCCC[C@H](NC(=O)OCc1ccccc1)C(=O)N[C@@H](CCC(=O)[O-])C(=O)[O-].[Ca+2]. The predicted molar refractivity (Wildman–Crippen MR) is 129 cm³/mol. The van der Waals surface area contributed by atoms with Crippen LogP contribution in [0.4, 0.5) is 9.59 Å². The summed E-state index contributed by atoms with van der Waals surface area (Å²) in [7, 11) is 0. The van der Waals surface area contributed by atoms with Gasteiger partial charge in [0.2, 0.25) is 5.91 Å². The van der Waals surface area contributed by atoms with E-state index in [1.807, 2.05) is 0 Å². The Hall–Kier alpha value is -2.57. The third-order valence-corrected chi connectivity index (χ3v) is 4.65. The van der Waals surface area contributed by atoms with Crippen LogP contribution in [0.25, 0.3) is 0 Å². The van der Waals surface area contributed by atoms with Gasteiger partial charge in [0.05, 0.1) is 12.0 Å². The second-order valence-electron chi connectivity index (χ2n) is 8.97. The van der Waals surface area contributed by atoms with Crippen molar-refractivity contribution in [2.24, 2.45) is 0 Å². The van der Waals surface area contributed by atoms with Crippen molar-refractivity contribution in [3.63, 3.8) is 0 Å². The van der Waals surface area contributed by atoms with Gasteiger partial charge in [-0.25, -0.2) is 9.59 Å². The molecule has 1 aromatic carbocycles. The Balaban J connectivity index is 0.0000130. The molecular weight excluding hydrogens is 514 g/mol. The minimum atomic E-state index is -1.67. The topological polar surface area (TPSA) is 186 Å². The van der Waals surface area contributed by atoms with Gasteiger partial charge >= 0.3 is 49.9 Å². The molecule has 3 N–H and O–H groups in total. The molecule has 0 unspecified atom stereocenters. The number of unbranched alkanes of at least 4 members (excludes halogenated alkanes) is 1. The van der Waals surface area contributed by atoms with Gasteiger partial charge in [0, 0.05) is 12.5 Å². The van der Waals surface area contributed by atoms with Gasteiger partial charge in [0.15, 0.2) is 0 Å². The van der Waals surface area contributed by atoms with E-state index in [0.717, 1.165) is 5.56 Å². The molecular formula is C24H33CaN3O9. The third kappa shape index (κ3) is 16.7. The van der Waals surface area contributed by atoms with Gasteiger partial charge in [-0.05, 0) is 58.4 Å². The number of rotatable bonds is 14. The molecule has 0 spiro atoms. The van der Waals surface area contributed by atoms with E-state index < -0.39 is 60.6 Å². The molecule has 13 heteroatoms. The second-order valence-corrected chi connectivity index (χ2v) is 8.97. The Labute approximate surface area is 245 Å². The Morgan fingerprint density at radius 1 is 0.892 bits per heavy atom. The number of nitrogens with one attached hydrogen (secondary N) is 3. The van der Waals surface area contributed by atoms with Crippen molar-refractivity contribution < 1.29 is 43.7 Å². The zero-order valence-corrected chi connectivity index (χ0v) is 23.6. The van der Waals surface area contributed by atoms with Crippen LogP contribution in [0.2, 0.25) is 0 Å². The van der Waals surface area contributed by atoms with Gasteiger partial charge in [0.25, 0.3) is 0 Å². The van der Waals surface area contributed by atoms with E-state index in [-0.39, 0.29) is 57.3 Å². The molecule has 12 nitrogen and oxygen atoms in total. The van der Waals surface area contributed by atoms with Gasteiger partial charge < -0.3 is 45.2 Å². The van der Waals surface area contributed by atoms with E-state index in [0.29, 0.717) is 12.8 Å². The molecule has 1 rings (SSSR count). The molecule has 0 aliphatic carbocycles. The maximum Gasteiger partial charge on any atom is 2.00 e. The first-order chi connectivity index (χ1) is 16.9. The first-order valence-corrected chi connectivity index (χ1v) is 11.5. The van der Waals surface area contributed by atoms with Crippen LogP contribution in [0.3, 0.4) is 0 Å². The molecule has 0 fully saturated rings. The van der Waals surface area contributed by atoms with Crippen molar-refractivity contribution in [2.45, 2.75) is 77.2 Å². The number of carbonyl (C=O) groups excluding carboxylic acids is 5. The average Bonchev–Trinajstić information content (AvgIpc) is 2.78.